The fourth-order valence-corrected chi connectivity index (χ4v) is 8.73. The van der Waals surface area contributed by atoms with Crippen LogP contribution in [0.5, 0.6) is 0 Å². The highest BCUT2D eigenvalue weighted by Crippen LogP contribution is 2.75. The molecule has 1 aromatic carbocycles. The zero-order chi connectivity index (χ0) is 14.2. The summed E-state index contributed by atoms with van der Waals surface area (Å²) < 4.78 is 18.9. The molecular weight excluding hydrogens is 271 g/mol. The minimum Gasteiger partial charge on any atom is -0.339 e. The Morgan fingerprint density at radius 1 is 0.800 bits per heavy atom. The van der Waals surface area contributed by atoms with Gasteiger partial charge in [0.15, 0.2) is 11.6 Å². The molecule has 5 rings (SSSR count). The number of benzene rings is 1. The zero-order valence-electron chi connectivity index (χ0n) is 12.5. The molecule has 0 unspecified atom stereocenters. The van der Waals surface area contributed by atoms with Crippen molar-refractivity contribution in [2.45, 2.75) is 62.8 Å². The second kappa shape index (κ2) is 3.64. The predicted molar refractivity (Wildman–Crippen MR) is 79.1 cm³/mol. The zero-order valence-corrected chi connectivity index (χ0v) is 13.4. The van der Waals surface area contributed by atoms with Crippen molar-refractivity contribution < 1.29 is 14.2 Å². The fourth-order valence-electron chi connectivity index (χ4n) is 4.71. The van der Waals surface area contributed by atoms with E-state index in [0.717, 1.165) is 12.8 Å². The molecule has 108 valence electrons. The van der Waals surface area contributed by atoms with Crippen molar-refractivity contribution in [1.29, 1.82) is 0 Å². The summed E-state index contributed by atoms with van der Waals surface area (Å²) >= 11 is 0. The molecule has 4 fully saturated rings. The first-order valence-corrected chi connectivity index (χ1v) is 8.56. The average molecular weight is 292 g/mol. The molecule has 1 aromatic rings. The van der Waals surface area contributed by atoms with E-state index in [1.54, 1.807) is 0 Å². The minimum absolute atomic E-state index is 0.177. The van der Waals surface area contributed by atoms with Crippen molar-refractivity contribution in [3.8, 4) is 0 Å². The summed E-state index contributed by atoms with van der Waals surface area (Å²) in [7, 11) is -0.553. The van der Waals surface area contributed by atoms with Crippen LogP contribution in [0.25, 0.3) is 0 Å². The summed E-state index contributed by atoms with van der Waals surface area (Å²) in [4.78, 5) is 0. The first kappa shape index (κ1) is 13.2. The molecule has 4 atom stereocenters. The topological polar surface area (TPSA) is 27.7 Å². The van der Waals surface area contributed by atoms with Gasteiger partial charge in [0.05, 0.1) is 10.7 Å². The molecule has 0 spiro atoms. The van der Waals surface area contributed by atoms with Crippen LogP contribution in [-0.2, 0) is 14.2 Å². The summed E-state index contributed by atoms with van der Waals surface area (Å²) in [6, 6.07) is 10.7. The van der Waals surface area contributed by atoms with Crippen LogP contribution >= 0.6 is 7.92 Å². The molecule has 20 heavy (non-hydrogen) atoms. The molecule has 0 aliphatic carbocycles. The third kappa shape index (κ3) is 1.67. The quantitative estimate of drug-likeness (QED) is 0.741. The van der Waals surface area contributed by atoms with Crippen molar-refractivity contribution in [1.82, 2.24) is 0 Å². The van der Waals surface area contributed by atoms with E-state index < -0.39 is 19.5 Å². The van der Waals surface area contributed by atoms with Crippen LogP contribution in [0, 0.1) is 0 Å². The van der Waals surface area contributed by atoms with Gasteiger partial charge in [0, 0.05) is 12.8 Å². The number of ether oxygens (including phenoxy) is 3. The number of rotatable bonds is 1. The first-order valence-electron chi connectivity index (χ1n) is 7.22. The van der Waals surface area contributed by atoms with Crippen LogP contribution in [0.2, 0.25) is 0 Å². The summed E-state index contributed by atoms with van der Waals surface area (Å²) in [5, 5.41) is 1.01. The molecule has 4 heterocycles. The summed E-state index contributed by atoms with van der Waals surface area (Å²) in [6.07, 6.45) is 1.59. The van der Waals surface area contributed by atoms with E-state index in [0.29, 0.717) is 0 Å². The second-order valence-corrected chi connectivity index (χ2v) is 10.0. The summed E-state index contributed by atoms with van der Waals surface area (Å²) in [5.41, 5.74) is 0. The van der Waals surface area contributed by atoms with Gasteiger partial charge in [0.2, 0.25) is 0 Å². The molecule has 4 heteroatoms. The van der Waals surface area contributed by atoms with Gasteiger partial charge in [-0.15, -0.1) is 0 Å². The molecule has 0 radical (unpaired) electrons. The standard InChI is InChI=1S/C16H21O3P/c1-13-10-15(3)19-14(2,17-13)11-16(4,18-13)20(15)12-8-6-5-7-9-12/h5-9H,10-11H2,1-4H3/t13-,14-,15+,16+/m0/s1. The van der Waals surface area contributed by atoms with E-state index in [1.165, 1.54) is 5.30 Å². The van der Waals surface area contributed by atoms with E-state index in [-0.39, 0.29) is 10.7 Å². The minimum atomic E-state index is -0.553. The Hall–Kier alpha value is -0.470. The Morgan fingerprint density at radius 3 is 1.80 bits per heavy atom. The Labute approximate surface area is 121 Å². The van der Waals surface area contributed by atoms with E-state index in [4.69, 9.17) is 14.2 Å². The molecule has 4 bridgehead atoms. The van der Waals surface area contributed by atoms with Gasteiger partial charge in [-0.2, -0.15) is 0 Å². The summed E-state index contributed by atoms with van der Waals surface area (Å²) in [6.45, 7) is 8.59. The van der Waals surface area contributed by atoms with E-state index in [2.05, 4.69) is 58.0 Å². The molecule has 0 saturated carbocycles. The Balaban J connectivity index is 1.87. The highest BCUT2D eigenvalue weighted by Gasteiger charge is 2.71. The van der Waals surface area contributed by atoms with Crippen LogP contribution in [0.4, 0.5) is 0 Å². The first-order chi connectivity index (χ1) is 9.26. The normalized spacial score (nSPS) is 53.3. The lowest BCUT2D eigenvalue weighted by atomic mass is 9.98. The molecule has 0 amide bonds. The maximum atomic E-state index is 6.42. The van der Waals surface area contributed by atoms with E-state index in [1.807, 2.05) is 0 Å². The van der Waals surface area contributed by atoms with Gasteiger partial charge in [-0.1, -0.05) is 30.3 Å². The van der Waals surface area contributed by atoms with Gasteiger partial charge in [-0.05, 0) is 40.9 Å². The number of hydrogen-bond acceptors (Lipinski definition) is 3. The van der Waals surface area contributed by atoms with Crippen LogP contribution in [-0.4, -0.2) is 22.3 Å². The Kier molecular flexibility index (Phi) is 2.41. The van der Waals surface area contributed by atoms with Crippen LogP contribution in [0.1, 0.15) is 40.5 Å². The molecule has 3 nitrogen and oxygen atoms in total. The van der Waals surface area contributed by atoms with Crippen LogP contribution in [0.15, 0.2) is 30.3 Å². The van der Waals surface area contributed by atoms with E-state index >= 15 is 0 Å². The van der Waals surface area contributed by atoms with Crippen molar-refractivity contribution in [3.63, 3.8) is 0 Å². The van der Waals surface area contributed by atoms with Crippen molar-refractivity contribution in [3.05, 3.63) is 30.3 Å². The molecule has 0 aromatic heterocycles. The van der Waals surface area contributed by atoms with Gasteiger partial charge < -0.3 is 14.2 Å². The lowest BCUT2D eigenvalue weighted by Crippen LogP contribution is -2.72. The van der Waals surface area contributed by atoms with Crippen LogP contribution in [0.3, 0.4) is 0 Å². The van der Waals surface area contributed by atoms with Crippen LogP contribution < -0.4 is 5.30 Å². The maximum Gasteiger partial charge on any atom is 0.173 e. The maximum absolute atomic E-state index is 6.42. The van der Waals surface area contributed by atoms with Gasteiger partial charge >= 0.3 is 0 Å². The highest BCUT2D eigenvalue weighted by molar-refractivity contribution is 7.68. The van der Waals surface area contributed by atoms with Gasteiger partial charge in [0.25, 0.3) is 0 Å². The highest BCUT2D eigenvalue weighted by atomic mass is 31.1. The van der Waals surface area contributed by atoms with Crippen molar-refractivity contribution >= 4 is 13.2 Å². The number of hydrogen-bond donors (Lipinski definition) is 0. The predicted octanol–water partition coefficient (Wildman–Crippen LogP) is 3.53. The third-order valence-electron chi connectivity index (χ3n) is 4.56. The van der Waals surface area contributed by atoms with E-state index in [9.17, 15) is 0 Å². The average Bonchev–Trinajstić information content (AvgIpc) is 2.22. The second-order valence-electron chi connectivity index (χ2n) is 6.95. The lowest BCUT2D eigenvalue weighted by molar-refractivity contribution is -0.467. The fraction of sp³-hybridized carbons (Fsp3) is 0.625. The third-order valence-corrected chi connectivity index (χ3v) is 7.77. The Morgan fingerprint density at radius 2 is 1.30 bits per heavy atom. The largest absolute Gasteiger partial charge is 0.339 e. The molecule has 4 aliphatic heterocycles. The monoisotopic (exact) mass is 292 g/mol. The van der Waals surface area contributed by atoms with Crippen molar-refractivity contribution in [2.75, 3.05) is 0 Å². The smallest absolute Gasteiger partial charge is 0.173 e. The lowest BCUT2D eigenvalue weighted by Gasteiger charge is -2.69. The molecule has 4 aliphatic rings. The SMILES string of the molecule is C[C@@]12C[C@]3(C)O[C@@](C)(C[C@](C)(O1)P3c1ccccc1)O2. The molecule has 4 saturated heterocycles. The van der Waals surface area contributed by atoms with Gasteiger partial charge in [0.1, 0.15) is 0 Å². The summed E-state index contributed by atoms with van der Waals surface area (Å²) in [5.74, 6) is -1.02. The molecular formula is C16H21O3P. The Bertz CT molecular complexity index is 514. The van der Waals surface area contributed by atoms with Crippen molar-refractivity contribution in [2.24, 2.45) is 0 Å². The van der Waals surface area contributed by atoms with Gasteiger partial charge in [-0.25, -0.2) is 0 Å². The molecule has 0 N–H and O–H groups in total. The van der Waals surface area contributed by atoms with Gasteiger partial charge in [-0.3, -0.25) is 0 Å².